The van der Waals surface area contributed by atoms with Crippen LogP contribution in [0.1, 0.15) is 10.6 Å². The number of allylic oxidation sites excluding steroid dienone is 1. The second kappa shape index (κ2) is 6.96. The fourth-order valence-electron chi connectivity index (χ4n) is 1.57. The Balaban J connectivity index is 2.35. The third-order valence-electron chi connectivity index (χ3n) is 2.71. The lowest BCUT2D eigenvalue weighted by atomic mass is 10.2. The van der Waals surface area contributed by atoms with Crippen LogP contribution in [0.4, 0.5) is 11.4 Å². The zero-order valence-corrected chi connectivity index (χ0v) is 11.8. The van der Waals surface area contributed by atoms with E-state index in [1.807, 2.05) is 0 Å². The van der Waals surface area contributed by atoms with Crippen molar-refractivity contribution in [1.82, 2.24) is 0 Å². The Bertz CT molecular complexity index is 836. The molecule has 10 heteroatoms. The van der Waals surface area contributed by atoms with E-state index < -0.39 is 28.1 Å². The number of carbonyl (C=O) groups excluding carboxylic acids is 1. The highest BCUT2D eigenvalue weighted by Crippen LogP contribution is 2.21. The number of furan rings is 1. The van der Waals surface area contributed by atoms with Crippen molar-refractivity contribution in [1.29, 1.82) is 0 Å². The van der Waals surface area contributed by atoms with Gasteiger partial charge in [0.2, 0.25) is 5.76 Å². The van der Waals surface area contributed by atoms with Gasteiger partial charge in [0, 0.05) is 12.1 Å². The summed E-state index contributed by atoms with van der Waals surface area (Å²) in [6, 6.07) is 7.46. The van der Waals surface area contributed by atoms with Gasteiger partial charge in [0.1, 0.15) is 0 Å². The molecule has 0 amide bonds. The molecular formula is C14H9N3O7. The van der Waals surface area contributed by atoms with Crippen LogP contribution in [0.2, 0.25) is 0 Å². The number of carboxylic acids is 1. The molecule has 0 unspecified atom stereocenters. The number of nitrogens with zero attached hydrogens (tertiary/aromatic N) is 3. The molecule has 0 radical (unpaired) electrons. The summed E-state index contributed by atoms with van der Waals surface area (Å²) >= 11 is 0. The van der Waals surface area contributed by atoms with Gasteiger partial charge >= 0.3 is 5.97 Å². The predicted molar refractivity (Wildman–Crippen MR) is 77.9 cm³/mol. The Labute approximate surface area is 133 Å². The quantitative estimate of drug-likeness (QED) is 0.206. The molecule has 0 bridgehead atoms. The maximum absolute atomic E-state index is 12.1. The molecule has 1 heterocycles. The molecule has 24 heavy (non-hydrogen) atoms. The number of ketones is 1. The summed E-state index contributed by atoms with van der Waals surface area (Å²) in [4.78, 5) is 32.9. The van der Waals surface area contributed by atoms with Crippen molar-refractivity contribution in [2.75, 3.05) is 0 Å². The topological polar surface area (TPSA) is 156 Å². The largest absolute Gasteiger partial charge is 0.500 e. The summed E-state index contributed by atoms with van der Waals surface area (Å²) in [5.74, 6) is -4.29. The van der Waals surface area contributed by atoms with Crippen molar-refractivity contribution in [3.63, 3.8) is 0 Å². The van der Waals surface area contributed by atoms with Crippen LogP contribution in [0, 0.1) is 10.1 Å². The van der Waals surface area contributed by atoms with E-state index in [0.717, 1.165) is 12.1 Å². The summed E-state index contributed by atoms with van der Waals surface area (Å²) < 4.78 is 4.84. The summed E-state index contributed by atoms with van der Waals surface area (Å²) in [7, 11) is 0. The first-order chi connectivity index (χ1) is 11.4. The molecule has 0 aliphatic rings. The van der Waals surface area contributed by atoms with Crippen LogP contribution in [-0.4, -0.2) is 26.9 Å². The van der Waals surface area contributed by atoms with Gasteiger partial charge < -0.3 is 14.6 Å². The molecule has 1 aromatic heterocycles. The lowest BCUT2D eigenvalue weighted by molar-refractivity contribution is -0.384. The number of carboxylic acid groups (broad SMARTS) is 1. The van der Waals surface area contributed by atoms with Crippen molar-refractivity contribution >= 4 is 23.1 Å². The number of aliphatic carboxylic acids is 1. The molecule has 122 valence electrons. The monoisotopic (exact) mass is 331 g/mol. The summed E-state index contributed by atoms with van der Waals surface area (Å²) in [6.45, 7) is 0. The Hall–Kier alpha value is -3.82. The van der Waals surface area contributed by atoms with Crippen LogP contribution in [0.15, 0.2) is 68.8 Å². The van der Waals surface area contributed by atoms with Gasteiger partial charge in [-0.2, -0.15) is 5.11 Å². The number of nitro benzene ring substituents is 1. The summed E-state index contributed by atoms with van der Waals surface area (Å²) in [5.41, 5.74) is -0.899. The van der Waals surface area contributed by atoms with Gasteiger partial charge in [-0.05, 0) is 24.3 Å². The number of rotatable bonds is 6. The van der Waals surface area contributed by atoms with Gasteiger partial charge in [0.05, 0.1) is 16.9 Å². The molecule has 2 rings (SSSR count). The molecule has 10 nitrogen and oxygen atoms in total. The highest BCUT2D eigenvalue weighted by molar-refractivity contribution is 6.10. The third kappa shape index (κ3) is 3.68. The van der Waals surface area contributed by atoms with E-state index in [-0.39, 0.29) is 17.1 Å². The van der Waals surface area contributed by atoms with Gasteiger partial charge in [-0.15, -0.1) is 5.11 Å². The Kier molecular flexibility index (Phi) is 4.80. The number of benzene rings is 1. The van der Waals surface area contributed by atoms with Crippen molar-refractivity contribution in [3.8, 4) is 0 Å². The van der Waals surface area contributed by atoms with Crippen LogP contribution in [-0.2, 0) is 4.79 Å². The lowest BCUT2D eigenvalue weighted by Gasteiger charge is -2.00. The molecule has 0 aliphatic carbocycles. The number of carbonyl (C=O) groups is 2. The normalized spacial score (nSPS) is 12.0. The Morgan fingerprint density at radius 1 is 1.12 bits per heavy atom. The number of Topliss-reactive ketones (excluding diaryl/α,β-unsaturated/α-hetero) is 1. The highest BCUT2D eigenvalue weighted by Gasteiger charge is 2.23. The minimum absolute atomic E-state index is 0.114. The van der Waals surface area contributed by atoms with Crippen molar-refractivity contribution < 1.29 is 29.1 Å². The van der Waals surface area contributed by atoms with Crippen molar-refractivity contribution in [2.45, 2.75) is 0 Å². The van der Waals surface area contributed by atoms with E-state index in [1.54, 1.807) is 0 Å². The van der Waals surface area contributed by atoms with Crippen LogP contribution in [0.25, 0.3) is 0 Å². The smallest absolute Gasteiger partial charge is 0.373 e. The fourth-order valence-corrected chi connectivity index (χ4v) is 1.57. The van der Waals surface area contributed by atoms with E-state index in [9.17, 15) is 24.8 Å². The summed E-state index contributed by atoms with van der Waals surface area (Å²) in [6.07, 6.45) is 1.19. The highest BCUT2D eigenvalue weighted by atomic mass is 16.6. The standard InChI is InChI=1S/C14H9N3O7/c18-12(10-2-1-7-24-10)11(13(19)14(20)21)16-15-8-3-5-9(6-4-8)17(22)23/h1-7,19H,(H,20,21)/b13-11+,16-15?. The molecule has 0 fully saturated rings. The minimum Gasteiger partial charge on any atom is -0.500 e. The molecule has 1 aromatic carbocycles. The van der Waals surface area contributed by atoms with Crippen LogP contribution in [0.3, 0.4) is 0 Å². The van der Waals surface area contributed by atoms with Crippen molar-refractivity contribution in [3.05, 3.63) is 70.0 Å². The zero-order valence-electron chi connectivity index (χ0n) is 11.8. The first kappa shape index (κ1) is 16.5. The first-order valence-electron chi connectivity index (χ1n) is 6.31. The number of nitro groups is 1. The maximum Gasteiger partial charge on any atom is 0.373 e. The average Bonchev–Trinajstić information content (AvgIpc) is 3.09. The van der Waals surface area contributed by atoms with E-state index in [0.29, 0.717) is 0 Å². The zero-order chi connectivity index (χ0) is 17.7. The second-order valence-electron chi connectivity index (χ2n) is 4.28. The molecule has 0 saturated carbocycles. The minimum atomic E-state index is -1.77. The number of azo groups is 1. The number of hydrogen-bond acceptors (Lipinski definition) is 8. The van der Waals surface area contributed by atoms with Gasteiger partial charge in [0.25, 0.3) is 11.5 Å². The van der Waals surface area contributed by atoms with Crippen LogP contribution < -0.4 is 0 Å². The van der Waals surface area contributed by atoms with Crippen LogP contribution in [0.5, 0.6) is 0 Å². The van der Waals surface area contributed by atoms with Gasteiger partial charge in [-0.25, -0.2) is 4.79 Å². The maximum atomic E-state index is 12.1. The van der Waals surface area contributed by atoms with Gasteiger partial charge in [-0.3, -0.25) is 14.9 Å². The molecule has 0 aliphatic heterocycles. The van der Waals surface area contributed by atoms with Crippen molar-refractivity contribution in [2.24, 2.45) is 10.2 Å². The SMILES string of the molecule is O=C(O)/C(O)=C(\N=Nc1ccc([N+](=O)[O-])cc1)C(=O)c1ccco1. The summed E-state index contributed by atoms with van der Waals surface area (Å²) in [5, 5.41) is 35.9. The molecule has 0 saturated heterocycles. The van der Waals surface area contributed by atoms with Gasteiger partial charge in [-0.1, -0.05) is 0 Å². The second-order valence-corrected chi connectivity index (χ2v) is 4.28. The molecule has 0 atom stereocenters. The van der Waals surface area contributed by atoms with E-state index in [2.05, 4.69) is 10.2 Å². The van der Waals surface area contributed by atoms with E-state index in [1.165, 1.54) is 30.5 Å². The predicted octanol–water partition coefficient (Wildman–Crippen LogP) is 3.01. The molecule has 2 N–H and O–H groups in total. The third-order valence-corrected chi connectivity index (χ3v) is 2.71. The Morgan fingerprint density at radius 2 is 1.79 bits per heavy atom. The first-order valence-corrected chi connectivity index (χ1v) is 6.31. The molecule has 2 aromatic rings. The fraction of sp³-hybridized carbons (Fsp3) is 0. The molecular weight excluding hydrogens is 322 g/mol. The average molecular weight is 331 g/mol. The number of non-ortho nitro benzene ring substituents is 1. The van der Waals surface area contributed by atoms with Gasteiger partial charge in [0.15, 0.2) is 11.5 Å². The lowest BCUT2D eigenvalue weighted by Crippen LogP contribution is -2.10. The number of aliphatic hydroxyl groups is 1. The molecule has 0 spiro atoms. The van der Waals surface area contributed by atoms with Crippen LogP contribution >= 0.6 is 0 Å². The number of aliphatic hydroxyl groups excluding tert-OH is 1. The Morgan fingerprint density at radius 3 is 2.29 bits per heavy atom. The number of hydrogen-bond donors (Lipinski definition) is 2. The van der Waals surface area contributed by atoms with E-state index >= 15 is 0 Å². The van der Waals surface area contributed by atoms with E-state index in [4.69, 9.17) is 9.52 Å².